The number of hydrogen-bond acceptors (Lipinski definition) is 4. The van der Waals surface area contributed by atoms with E-state index < -0.39 is 12.1 Å². The van der Waals surface area contributed by atoms with Gasteiger partial charge in [-0.05, 0) is 55.5 Å². The zero-order chi connectivity index (χ0) is 17.7. The van der Waals surface area contributed by atoms with Crippen LogP contribution >= 0.6 is 11.6 Å². The van der Waals surface area contributed by atoms with Gasteiger partial charge in [0.1, 0.15) is 0 Å². The highest BCUT2D eigenvalue weighted by atomic mass is 35.5. The molecule has 5 nitrogen and oxygen atoms in total. The molecule has 0 bridgehead atoms. The summed E-state index contributed by atoms with van der Waals surface area (Å²) in [5, 5.41) is 23.0. The van der Waals surface area contributed by atoms with Crippen LogP contribution in [0.3, 0.4) is 0 Å². The molecule has 0 aromatic heterocycles. The Hall–Kier alpha value is -1.82. The van der Waals surface area contributed by atoms with E-state index in [9.17, 15) is 9.90 Å². The van der Waals surface area contributed by atoms with Crippen LogP contribution in [0.2, 0.25) is 0 Å². The molecule has 5 N–H and O–H groups in total. The molecule has 0 unspecified atom stereocenters. The van der Waals surface area contributed by atoms with Crippen LogP contribution < -0.4 is 11.1 Å². The van der Waals surface area contributed by atoms with Gasteiger partial charge in [-0.15, -0.1) is 0 Å². The van der Waals surface area contributed by atoms with Crippen molar-refractivity contribution >= 4 is 17.6 Å². The van der Waals surface area contributed by atoms with Crippen molar-refractivity contribution in [2.75, 3.05) is 0 Å². The van der Waals surface area contributed by atoms with Gasteiger partial charge in [-0.3, -0.25) is 0 Å². The third kappa shape index (κ3) is 5.09. The Kier molecular flexibility index (Phi) is 6.43. The van der Waals surface area contributed by atoms with Gasteiger partial charge in [0.2, 0.25) is 0 Å². The topological polar surface area (TPSA) is 95.6 Å². The van der Waals surface area contributed by atoms with Gasteiger partial charge in [0.05, 0.1) is 16.8 Å². The molecule has 1 saturated heterocycles. The zero-order valence-electron chi connectivity index (χ0n) is 13.6. The van der Waals surface area contributed by atoms with Crippen LogP contribution in [0.1, 0.15) is 35.7 Å². The molecule has 1 aromatic rings. The van der Waals surface area contributed by atoms with Gasteiger partial charge in [0.25, 0.3) is 0 Å². The van der Waals surface area contributed by atoms with Crippen molar-refractivity contribution < 1.29 is 15.0 Å². The van der Waals surface area contributed by atoms with E-state index in [2.05, 4.69) is 5.32 Å². The van der Waals surface area contributed by atoms with Gasteiger partial charge in [0.15, 0.2) is 0 Å². The molecule has 130 valence electrons. The van der Waals surface area contributed by atoms with Gasteiger partial charge in [-0.25, -0.2) is 4.79 Å². The molecular weight excluding hydrogens is 328 g/mol. The molecule has 0 spiro atoms. The Morgan fingerprint density at radius 2 is 2.04 bits per heavy atom. The van der Waals surface area contributed by atoms with Gasteiger partial charge >= 0.3 is 5.97 Å². The summed E-state index contributed by atoms with van der Waals surface area (Å²) in [5.41, 5.74) is 7.56. The van der Waals surface area contributed by atoms with Crippen molar-refractivity contribution in [3.05, 3.63) is 58.3 Å². The van der Waals surface area contributed by atoms with Gasteiger partial charge in [-0.2, -0.15) is 0 Å². The molecule has 1 aliphatic heterocycles. The number of nitrogens with one attached hydrogen (secondary N) is 1. The number of rotatable bonds is 6. The number of carbonyl (C=O) groups is 1. The number of aliphatic hydroxyl groups excluding tert-OH is 1. The zero-order valence-corrected chi connectivity index (χ0v) is 14.3. The number of carboxylic acids is 1. The van der Waals surface area contributed by atoms with Crippen LogP contribution in [0.15, 0.2) is 47.1 Å². The van der Waals surface area contributed by atoms with E-state index in [-0.39, 0.29) is 17.2 Å². The maximum Gasteiger partial charge on any atom is 0.335 e. The summed E-state index contributed by atoms with van der Waals surface area (Å²) in [6.45, 7) is 1.85. The first-order chi connectivity index (χ1) is 11.4. The van der Waals surface area contributed by atoms with Crippen LogP contribution in [-0.4, -0.2) is 34.4 Å². The molecule has 0 saturated carbocycles. The molecule has 0 radical (unpaired) electrons. The smallest absolute Gasteiger partial charge is 0.335 e. The Balaban J connectivity index is 1.91. The first kappa shape index (κ1) is 18.5. The van der Waals surface area contributed by atoms with Crippen LogP contribution in [0.4, 0.5) is 0 Å². The van der Waals surface area contributed by atoms with E-state index in [4.69, 9.17) is 22.4 Å². The summed E-state index contributed by atoms with van der Waals surface area (Å²) in [5.74, 6) is -0.919. The van der Waals surface area contributed by atoms with E-state index >= 15 is 0 Å². The fourth-order valence-electron chi connectivity index (χ4n) is 2.96. The maximum absolute atomic E-state index is 10.9. The summed E-state index contributed by atoms with van der Waals surface area (Å²) in [4.78, 5) is 10.9. The monoisotopic (exact) mass is 350 g/mol. The van der Waals surface area contributed by atoms with Crippen molar-refractivity contribution in [1.82, 2.24) is 5.32 Å². The van der Waals surface area contributed by atoms with Crippen molar-refractivity contribution in [2.24, 2.45) is 5.73 Å². The lowest BCUT2D eigenvalue weighted by molar-refractivity contribution is 0.0697. The highest BCUT2D eigenvalue weighted by Crippen LogP contribution is 2.22. The lowest BCUT2D eigenvalue weighted by Crippen LogP contribution is -2.39. The van der Waals surface area contributed by atoms with Crippen LogP contribution in [0, 0.1) is 0 Å². The molecule has 1 heterocycles. The minimum absolute atomic E-state index is 0.00510. The number of aromatic carboxylic acids is 1. The lowest BCUT2D eigenvalue weighted by Gasteiger charge is -2.21. The molecule has 1 aromatic carbocycles. The summed E-state index contributed by atoms with van der Waals surface area (Å²) in [6.07, 6.45) is 5.36. The van der Waals surface area contributed by atoms with Crippen molar-refractivity contribution in [3.63, 3.8) is 0 Å². The molecule has 2 rings (SSSR count). The molecule has 1 aliphatic rings. The molecule has 3 atom stereocenters. The second kappa shape index (κ2) is 8.33. The normalized spacial score (nSPS) is 23.3. The largest absolute Gasteiger partial charge is 0.478 e. The molecule has 0 aliphatic carbocycles. The third-order valence-corrected chi connectivity index (χ3v) is 4.44. The SMILES string of the molecule is C/C(=C\C=C(/N)Cl)[C@@H](O)[C@H]1CC[C@@H](Cc2ccc(C(=O)O)cc2)N1. The number of benzene rings is 1. The number of nitrogens with two attached hydrogens (primary N) is 1. The number of aliphatic hydroxyl groups is 1. The summed E-state index contributed by atoms with van der Waals surface area (Å²) in [6, 6.07) is 7.18. The first-order valence-corrected chi connectivity index (χ1v) is 8.30. The van der Waals surface area contributed by atoms with Crippen molar-refractivity contribution in [3.8, 4) is 0 Å². The van der Waals surface area contributed by atoms with E-state index in [1.54, 1.807) is 24.3 Å². The summed E-state index contributed by atoms with van der Waals surface area (Å²) < 4.78 is 0. The van der Waals surface area contributed by atoms with Crippen LogP contribution in [0.5, 0.6) is 0 Å². The molecule has 6 heteroatoms. The Morgan fingerprint density at radius 1 is 1.38 bits per heavy atom. The van der Waals surface area contributed by atoms with E-state index in [1.807, 2.05) is 19.1 Å². The minimum Gasteiger partial charge on any atom is -0.478 e. The predicted octanol–water partition coefficient (Wildman–Crippen LogP) is 2.39. The van der Waals surface area contributed by atoms with Gasteiger partial charge in [-0.1, -0.05) is 29.8 Å². The highest BCUT2D eigenvalue weighted by Gasteiger charge is 2.29. The second-order valence-electron chi connectivity index (χ2n) is 6.16. The molecular formula is C18H23ClN2O3. The molecule has 24 heavy (non-hydrogen) atoms. The standard InChI is InChI=1S/C18H23ClN2O3/c1-11(2-9-16(19)20)17(22)15-8-7-14(21-15)10-12-3-5-13(6-4-12)18(23)24/h2-6,9,14-15,17,21-22H,7-8,10,20H2,1H3,(H,23,24)/b11-2+,16-9-/t14-,15+,17+/m0/s1. The predicted molar refractivity (Wildman–Crippen MR) is 94.9 cm³/mol. The Labute approximate surface area is 146 Å². The number of allylic oxidation sites excluding steroid dienone is 2. The minimum atomic E-state index is -0.919. The Morgan fingerprint density at radius 3 is 2.62 bits per heavy atom. The van der Waals surface area contributed by atoms with E-state index in [0.717, 1.165) is 30.4 Å². The quantitative estimate of drug-likeness (QED) is 0.466. The first-order valence-electron chi connectivity index (χ1n) is 7.92. The third-order valence-electron chi connectivity index (χ3n) is 4.31. The summed E-state index contributed by atoms with van der Waals surface area (Å²) in [7, 11) is 0. The van der Waals surface area contributed by atoms with Gasteiger partial charge in [0, 0.05) is 12.1 Å². The Bertz CT molecular complexity index is 636. The molecule has 1 fully saturated rings. The van der Waals surface area contributed by atoms with Gasteiger partial charge < -0.3 is 21.3 Å². The highest BCUT2D eigenvalue weighted by molar-refractivity contribution is 6.29. The number of carboxylic acid groups (broad SMARTS) is 1. The maximum atomic E-state index is 10.9. The van der Waals surface area contributed by atoms with Crippen LogP contribution in [0.25, 0.3) is 0 Å². The fourth-order valence-corrected chi connectivity index (χ4v) is 3.02. The number of hydrogen-bond donors (Lipinski definition) is 4. The second-order valence-corrected chi connectivity index (χ2v) is 6.60. The van der Waals surface area contributed by atoms with Crippen LogP contribution in [-0.2, 0) is 6.42 Å². The lowest BCUT2D eigenvalue weighted by atomic mass is 10.0. The average molecular weight is 351 g/mol. The fraction of sp³-hybridized carbons (Fsp3) is 0.389. The van der Waals surface area contributed by atoms with E-state index in [1.165, 1.54) is 0 Å². The van der Waals surface area contributed by atoms with Crippen molar-refractivity contribution in [2.45, 2.75) is 44.4 Å². The average Bonchev–Trinajstić information content (AvgIpc) is 3.00. The van der Waals surface area contributed by atoms with E-state index in [0.29, 0.717) is 5.56 Å². The number of halogens is 1. The summed E-state index contributed by atoms with van der Waals surface area (Å²) >= 11 is 5.59. The molecule has 0 amide bonds. The van der Waals surface area contributed by atoms with Crippen molar-refractivity contribution in [1.29, 1.82) is 0 Å².